The number of nitrogens with zero attached hydrogens (tertiary/aromatic N) is 2. The highest BCUT2D eigenvalue weighted by atomic mass is 16.1. The smallest absolute Gasteiger partial charge is 0.274 e. The summed E-state index contributed by atoms with van der Waals surface area (Å²) in [6, 6.07) is 20.4. The first kappa shape index (κ1) is 17.2. The van der Waals surface area contributed by atoms with Gasteiger partial charge in [-0.2, -0.15) is 5.26 Å². The Hall–Kier alpha value is -3.65. The molecule has 0 saturated heterocycles. The molecule has 1 aromatic heterocycles. The van der Waals surface area contributed by atoms with Crippen LogP contribution >= 0.6 is 0 Å². The van der Waals surface area contributed by atoms with Gasteiger partial charge >= 0.3 is 0 Å². The molecule has 0 radical (unpaired) electrons. The normalized spacial score (nSPS) is 10.0. The van der Waals surface area contributed by atoms with Crippen LogP contribution in [0.3, 0.4) is 0 Å². The lowest BCUT2D eigenvalue weighted by Gasteiger charge is -2.08. The van der Waals surface area contributed by atoms with Crippen molar-refractivity contribution >= 4 is 23.0 Å². The third-order valence-electron chi connectivity index (χ3n) is 3.90. The lowest BCUT2D eigenvalue weighted by molar-refractivity contribution is 0.102. The predicted octanol–water partition coefficient (Wildman–Crippen LogP) is 4.51. The Labute approximate surface area is 152 Å². The van der Waals surface area contributed by atoms with Gasteiger partial charge in [-0.05, 0) is 54.4 Å². The fourth-order valence-electron chi connectivity index (χ4n) is 2.45. The molecule has 5 nitrogen and oxygen atoms in total. The lowest BCUT2D eigenvalue weighted by Crippen LogP contribution is -2.13. The molecular weight excluding hydrogens is 324 g/mol. The van der Waals surface area contributed by atoms with Gasteiger partial charge in [-0.15, -0.1) is 0 Å². The Morgan fingerprint density at radius 3 is 2.46 bits per heavy atom. The summed E-state index contributed by atoms with van der Waals surface area (Å²) in [7, 11) is 0. The van der Waals surface area contributed by atoms with Crippen LogP contribution in [0.4, 0.5) is 17.1 Å². The first-order valence-electron chi connectivity index (χ1n) is 8.31. The molecule has 0 unspecified atom stereocenters. The second-order valence-electron chi connectivity index (χ2n) is 5.75. The Morgan fingerprint density at radius 2 is 1.81 bits per heavy atom. The quantitative estimate of drug-likeness (QED) is 0.715. The number of benzene rings is 2. The second kappa shape index (κ2) is 7.95. The number of rotatable bonds is 5. The summed E-state index contributed by atoms with van der Waals surface area (Å²) < 4.78 is 0. The molecular formula is C21H18N4O. The molecule has 0 aliphatic heterocycles. The summed E-state index contributed by atoms with van der Waals surface area (Å²) in [6.45, 7) is 2.12. The fourth-order valence-corrected chi connectivity index (χ4v) is 2.45. The van der Waals surface area contributed by atoms with Gasteiger partial charge in [0.15, 0.2) is 0 Å². The van der Waals surface area contributed by atoms with E-state index in [-0.39, 0.29) is 5.91 Å². The van der Waals surface area contributed by atoms with Crippen LogP contribution in [0, 0.1) is 11.3 Å². The van der Waals surface area contributed by atoms with Crippen molar-refractivity contribution in [3.05, 3.63) is 83.7 Å². The molecule has 2 aromatic carbocycles. The van der Waals surface area contributed by atoms with Crippen molar-refractivity contribution in [2.24, 2.45) is 0 Å². The van der Waals surface area contributed by atoms with Gasteiger partial charge in [0.05, 0.1) is 23.5 Å². The van der Waals surface area contributed by atoms with E-state index in [2.05, 4.69) is 34.7 Å². The Morgan fingerprint density at radius 1 is 1.04 bits per heavy atom. The zero-order valence-electron chi connectivity index (χ0n) is 14.4. The monoisotopic (exact) mass is 342 g/mol. The van der Waals surface area contributed by atoms with E-state index in [9.17, 15) is 4.79 Å². The molecule has 0 spiro atoms. The maximum absolute atomic E-state index is 12.3. The summed E-state index contributed by atoms with van der Waals surface area (Å²) in [5.41, 5.74) is 4.41. The number of carbonyl (C=O) groups excluding carboxylic acids is 1. The van der Waals surface area contributed by atoms with Crippen LogP contribution < -0.4 is 10.6 Å². The lowest BCUT2D eigenvalue weighted by atomic mass is 10.1. The predicted molar refractivity (Wildman–Crippen MR) is 102 cm³/mol. The maximum Gasteiger partial charge on any atom is 0.274 e. The van der Waals surface area contributed by atoms with E-state index in [0.29, 0.717) is 16.9 Å². The van der Waals surface area contributed by atoms with Crippen molar-refractivity contribution in [3.8, 4) is 6.07 Å². The van der Waals surface area contributed by atoms with E-state index in [1.807, 2.05) is 18.2 Å². The van der Waals surface area contributed by atoms with Crippen LogP contribution in [-0.2, 0) is 6.42 Å². The van der Waals surface area contributed by atoms with E-state index in [1.54, 1.807) is 42.6 Å². The fraction of sp³-hybridized carbons (Fsp3) is 0.0952. The molecule has 2 N–H and O–H groups in total. The standard InChI is InChI=1S/C21H18N4O/c1-2-15-6-8-17(9-7-15)24-19-10-11-20(23-14-19)21(26)25-18-5-3-4-16(12-18)13-22/h3-12,14,24H,2H2,1H3,(H,25,26). The third kappa shape index (κ3) is 4.25. The average Bonchev–Trinajstić information content (AvgIpc) is 2.69. The number of aryl methyl sites for hydroxylation is 1. The van der Waals surface area contributed by atoms with Crippen LogP contribution in [0.1, 0.15) is 28.5 Å². The molecule has 5 heteroatoms. The van der Waals surface area contributed by atoms with Gasteiger partial charge in [-0.25, -0.2) is 4.98 Å². The van der Waals surface area contributed by atoms with Gasteiger partial charge < -0.3 is 10.6 Å². The number of hydrogen-bond acceptors (Lipinski definition) is 4. The highest BCUT2D eigenvalue weighted by molar-refractivity contribution is 6.03. The zero-order chi connectivity index (χ0) is 18.4. The van der Waals surface area contributed by atoms with Gasteiger partial charge in [0, 0.05) is 11.4 Å². The number of nitriles is 1. The summed E-state index contributed by atoms with van der Waals surface area (Å²) in [5, 5.41) is 14.9. The zero-order valence-corrected chi connectivity index (χ0v) is 14.4. The van der Waals surface area contributed by atoms with Crippen LogP contribution in [0.5, 0.6) is 0 Å². The molecule has 0 aliphatic rings. The largest absolute Gasteiger partial charge is 0.354 e. The molecule has 3 aromatic rings. The minimum Gasteiger partial charge on any atom is -0.354 e. The molecule has 26 heavy (non-hydrogen) atoms. The van der Waals surface area contributed by atoms with E-state index in [1.165, 1.54) is 5.56 Å². The number of pyridine rings is 1. The molecule has 0 bridgehead atoms. The summed E-state index contributed by atoms with van der Waals surface area (Å²) in [4.78, 5) is 16.5. The first-order valence-corrected chi connectivity index (χ1v) is 8.31. The minimum absolute atomic E-state index is 0.305. The molecule has 3 rings (SSSR count). The SMILES string of the molecule is CCc1ccc(Nc2ccc(C(=O)Nc3cccc(C#N)c3)nc2)cc1. The topological polar surface area (TPSA) is 77.8 Å². The molecule has 0 fully saturated rings. The highest BCUT2D eigenvalue weighted by Crippen LogP contribution is 2.17. The second-order valence-corrected chi connectivity index (χ2v) is 5.75. The van der Waals surface area contributed by atoms with E-state index in [4.69, 9.17) is 5.26 Å². The summed E-state index contributed by atoms with van der Waals surface area (Å²) >= 11 is 0. The van der Waals surface area contributed by atoms with Gasteiger partial charge in [0.1, 0.15) is 5.69 Å². The van der Waals surface area contributed by atoms with Crippen molar-refractivity contribution < 1.29 is 4.79 Å². The molecule has 1 heterocycles. The molecule has 1 amide bonds. The van der Waals surface area contributed by atoms with E-state index >= 15 is 0 Å². The number of aromatic nitrogens is 1. The molecule has 128 valence electrons. The Balaban J connectivity index is 1.66. The summed E-state index contributed by atoms with van der Waals surface area (Å²) in [6.07, 6.45) is 2.62. The van der Waals surface area contributed by atoms with E-state index in [0.717, 1.165) is 17.8 Å². The van der Waals surface area contributed by atoms with Crippen molar-refractivity contribution in [1.82, 2.24) is 4.98 Å². The van der Waals surface area contributed by atoms with Crippen LogP contribution in [0.25, 0.3) is 0 Å². The van der Waals surface area contributed by atoms with Gasteiger partial charge in [0.25, 0.3) is 5.91 Å². The van der Waals surface area contributed by atoms with Crippen molar-refractivity contribution in [2.45, 2.75) is 13.3 Å². The maximum atomic E-state index is 12.3. The van der Waals surface area contributed by atoms with Gasteiger partial charge in [0.2, 0.25) is 0 Å². The third-order valence-corrected chi connectivity index (χ3v) is 3.90. The van der Waals surface area contributed by atoms with Crippen molar-refractivity contribution in [1.29, 1.82) is 5.26 Å². The van der Waals surface area contributed by atoms with Crippen molar-refractivity contribution in [3.63, 3.8) is 0 Å². The number of anilines is 3. The van der Waals surface area contributed by atoms with Crippen molar-refractivity contribution in [2.75, 3.05) is 10.6 Å². The minimum atomic E-state index is -0.320. The number of amides is 1. The Bertz CT molecular complexity index is 941. The molecule has 0 aliphatic carbocycles. The molecule has 0 saturated carbocycles. The number of nitrogens with one attached hydrogen (secondary N) is 2. The van der Waals surface area contributed by atoms with Gasteiger partial charge in [-0.3, -0.25) is 4.79 Å². The van der Waals surface area contributed by atoms with Crippen LogP contribution in [0.2, 0.25) is 0 Å². The van der Waals surface area contributed by atoms with Gasteiger partial charge in [-0.1, -0.05) is 25.1 Å². The van der Waals surface area contributed by atoms with Crippen LogP contribution in [-0.4, -0.2) is 10.9 Å². The average molecular weight is 342 g/mol. The van der Waals surface area contributed by atoms with E-state index < -0.39 is 0 Å². The molecule has 0 atom stereocenters. The number of hydrogen-bond donors (Lipinski definition) is 2. The van der Waals surface area contributed by atoms with Crippen LogP contribution in [0.15, 0.2) is 66.9 Å². The number of carbonyl (C=O) groups is 1. The summed E-state index contributed by atoms with van der Waals surface area (Å²) in [5.74, 6) is -0.320. The Kier molecular flexibility index (Phi) is 5.25. The highest BCUT2D eigenvalue weighted by Gasteiger charge is 2.08. The first-order chi connectivity index (χ1) is 12.7.